The second kappa shape index (κ2) is 6.44. The lowest BCUT2D eigenvalue weighted by molar-refractivity contribution is 0.409. The van der Waals surface area contributed by atoms with Crippen molar-refractivity contribution in [1.82, 2.24) is 0 Å². The zero-order valence-electron chi connectivity index (χ0n) is 11.0. The van der Waals surface area contributed by atoms with E-state index >= 15 is 0 Å². The molecule has 0 saturated carbocycles. The molecule has 0 aliphatic carbocycles. The van der Waals surface area contributed by atoms with E-state index in [0.29, 0.717) is 0 Å². The standard InChI is InChI=1S/C16H16BrClO/c1-11-3-5-12(6-4-11)9-15(18)14-10-13(17)7-8-16(14)19-2/h3-8,10,15H,9H2,1-2H3. The summed E-state index contributed by atoms with van der Waals surface area (Å²) in [6, 6.07) is 14.4. The molecule has 0 fully saturated rings. The minimum Gasteiger partial charge on any atom is -0.496 e. The van der Waals surface area contributed by atoms with Gasteiger partial charge in [-0.05, 0) is 37.1 Å². The normalized spacial score (nSPS) is 12.2. The zero-order valence-corrected chi connectivity index (χ0v) is 13.3. The molecule has 19 heavy (non-hydrogen) atoms. The number of aryl methyl sites for hydroxylation is 1. The van der Waals surface area contributed by atoms with E-state index < -0.39 is 0 Å². The summed E-state index contributed by atoms with van der Waals surface area (Å²) >= 11 is 10.0. The van der Waals surface area contributed by atoms with E-state index in [9.17, 15) is 0 Å². The fraction of sp³-hybridized carbons (Fsp3) is 0.250. The van der Waals surface area contributed by atoms with Gasteiger partial charge in [-0.1, -0.05) is 45.8 Å². The van der Waals surface area contributed by atoms with Crippen molar-refractivity contribution in [3.05, 3.63) is 63.6 Å². The topological polar surface area (TPSA) is 9.23 Å². The quantitative estimate of drug-likeness (QED) is 0.688. The molecular formula is C16H16BrClO. The molecule has 1 atom stereocenters. The number of halogens is 2. The van der Waals surface area contributed by atoms with Crippen LogP contribution in [0.15, 0.2) is 46.9 Å². The molecule has 2 rings (SSSR count). The Kier molecular flexibility index (Phi) is 4.89. The number of benzene rings is 2. The molecule has 0 radical (unpaired) electrons. The molecule has 2 aromatic rings. The summed E-state index contributed by atoms with van der Waals surface area (Å²) in [5.41, 5.74) is 3.50. The molecule has 0 bridgehead atoms. The van der Waals surface area contributed by atoms with Crippen LogP contribution >= 0.6 is 27.5 Å². The maximum atomic E-state index is 6.54. The zero-order chi connectivity index (χ0) is 13.8. The Morgan fingerprint density at radius 2 is 1.84 bits per heavy atom. The lowest BCUT2D eigenvalue weighted by Crippen LogP contribution is -1.99. The van der Waals surface area contributed by atoms with Gasteiger partial charge < -0.3 is 4.74 Å². The van der Waals surface area contributed by atoms with Crippen molar-refractivity contribution in [2.24, 2.45) is 0 Å². The van der Waals surface area contributed by atoms with E-state index in [2.05, 4.69) is 47.1 Å². The highest BCUT2D eigenvalue weighted by Crippen LogP contribution is 2.34. The summed E-state index contributed by atoms with van der Waals surface area (Å²) in [6.07, 6.45) is 0.786. The van der Waals surface area contributed by atoms with Crippen LogP contribution in [0.1, 0.15) is 22.1 Å². The van der Waals surface area contributed by atoms with E-state index in [-0.39, 0.29) is 5.38 Å². The summed E-state index contributed by atoms with van der Waals surface area (Å²) in [5.74, 6) is 0.829. The van der Waals surface area contributed by atoms with Gasteiger partial charge >= 0.3 is 0 Å². The minimum atomic E-state index is -0.102. The highest BCUT2D eigenvalue weighted by molar-refractivity contribution is 9.10. The monoisotopic (exact) mass is 338 g/mol. The number of hydrogen-bond acceptors (Lipinski definition) is 1. The molecule has 0 aliphatic heterocycles. The van der Waals surface area contributed by atoms with Crippen LogP contribution in [-0.2, 0) is 6.42 Å². The number of rotatable bonds is 4. The third-order valence-electron chi connectivity index (χ3n) is 3.06. The Balaban J connectivity index is 2.21. The fourth-order valence-electron chi connectivity index (χ4n) is 1.99. The lowest BCUT2D eigenvalue weighted by Gasteiger charge is -2.14. The first-order valence-electron chi connectivity index (χ1n) is 6.13. The van der Waals surface area contributed by atoms with Crippen LogP contribution in [0.5, 0.6) is 5.75 Å². The number of ether oxygens (including phenoxy) is 1. The SMILES string of the molecule is COc1ccc(Br)cc1C(Cl)Cc1ccc(C)cc1. The summed E-state index contributed by atoms with van der Waals surface area (Å²) in [4.78, 5) is 0. The largest absolute Gasteiger partial charge is 0.496 e. The molecule has 3 heteroatoms. The summed E-state index contributed by atoms with van der Waals surface area (Å²) in [5, 5.41) is -0.102. The van der Waals surface area contributed by atoms with Gasteiger partial charge in [-0.15, -0.1) is 11.6 Å². The van der Waals surface area contributed by atoms with Crippen molar-refractivity contribution in [2.45, 2.75) is 18.7 Å². The van der Waals surface area contributed by atoms with E-state index in [1.165, 1.54) is 11.1 Å². The average Bonchev–Trinajstić information content (AvgIpc) is 2.41. The van der Waals surface area contributed by atoms with Gasteiger partial charge in [0.2, 0.25) is 0 Å². The number of hydrogen-bond donors (Lipinski definition) is 0. The molecule has 0 aliphatic rings. The van der Waals surface area contributed by atoms with Crippen LogP contribution in [0, 0.1) is 6.92 Å². The summed E-state index contributed by atoms with van der Waals surface area (Å²) in [6.45, 7) is 2.08. The van der Waals surface area contributed by atoms with Gasteiger partial charge in [-0.25, -0.2) is 0 Å². The molecule has 2 aromatic carbocycles. The molecule has 0 spiro atoms. The Morgan fingerprint density at radius 3 is 2.47 bits per heavy atom. The number of alkyl halides is 1. The molecule has 0 saturated heterocycles. The minimum absolute atomic E-state index is 0.102. The van der Waals surface area contributed by atoms with E-state index in [4.69, 9.17) is 16.3 Å². The molecule has 0 amide bonds. The van der Waals surface area contributed by atoms with E-state index in [0.717, 1.165) is 22.2 Å². The van der Waals surface area contributed by atoms with E-state index in [1.54, 1.807) is 7.11 Å². The van der Waals surface area contributed by atoms with Gasteiger partial charge in [0, 0.05) is 10.0 Å². The first-order valence-corrected chi connectivity index (χ1v) is 7.36. The maximum Gasteiger partial charge on any atom is 0.123 e. The molecule has 0 aromatic heterocycles. The highest BCUT2D eigenvalue weighted by Gasteiger charge is 2.14. The van der Waals surface area contributed by atoms with Crippen LogP contribution in [0.2, 0.25) is 0 Å². The Labute approximate surface area is 127 Å². The van der Waals surface area contributed by atoms with Crippen LogP contribution in [0.3, 0.4) is 0 Å². The van der Waals surface area contributed by atoms with Crippen molar-refractivity contribution in [2.75, 3.05) is 7.11 Å². The third kappa shape index (κ3) is 3.74. The van der Waals surface area contributed by atoms with Crippen LogP contribution < -0.4 is 4.74 Å². The summed E-state index contributed by atoms with van der Waals surface area (Å²) in [7, 11) is 1.67. The van der Waals surface area contributed by atoms with Crippen molar-refractivity contribution >= 4 is 27.5 Å². The average molecular weight is 340 g/mol. The van der Waals surface area contributed by atoms with Crippen LogP contribution in [0.4, 0.5) is 0 Å². The van der Waals surface area contributed by atoms with Crippen molar-refractivity contribution in [3.8, 4) is 5.75 Å². The predicted octanol–water partition coefficient (Wildman–Crippen LogP) is 5.29. The first-order chi connectivity index (χ1) is 9.10. The molecular weight excluding hydrogens is 324 g/mol. The predicted molar refractivity (Wildman–Crippen MR) is 84.2 cm³/mol. The smallest absolute Gasteiger partial charge is 0.123 e. The Bertz CT molecular complexity index is 551. The first kappa shape index (κ1) is 14.4. The van der Waals surface area contributed by atoms with Gasteiger partial charge in [0.15, 0.2) is 0 Å². The lowest BCUT2D eigenvalue weighted by atomic mass is 10.0. The van der Waals surface area contributed by atoms with Crippen LogP contribution in [-0.4, -0.2) is 7.11 Å². The fourth-order valence-corrected chi connectivity index (χ4v) is 2.72. The van der Waals surface area contributed by atoms with E-state index in [1.807, 2.05) is 18.2 Å². The molecule has 0 N–H and O–H groups in total. The molecule has 100 valence electrons. The molecule has 1 nitrogen and oxygen atoms in total. The molecule has 0 heterocycles. The third-order valence-corrected chi connectivity index (χ3v) is 3.95. The molecule has 1 unspecified atom stereocenters. The van der Waals surface area contributed by atoms with Crippen molar-refractivity contribution in [1.29, 1.82) is 0 Å². The highest BCUT2D eigenvalue weighted by atomic mass is 79.9. The van der Waals surface area contributed by atoms with Gasteiger partial charge in [-0.3, -0.25) is 0 Å². The maximum absolute atomic E-state index is 6.54. The van der Waals surface area contributed by atoms with Gasteiger partial charge in [0.25, 0.3) is 0 Å². The number of methoxy groups -OCH3 is 1. The second-order valence-corrected chi connectivity index (χ2v) is 5.99. The summed E-state index contributed by atoms with van der Waals surface area (Å²) < 4.78 is 6.38. The Hall–Kier alpha value is -0.990. The van der Waals surface area contributed by atoms with Crippen LogP contribution in [0.25, 0.3) is 0 Å². The van der Waals surface area contributed by atoms with Gasteiger partial charge in [0.1, 0.15) is 5.75 Å². The van der Waals surface area contributed by atoms with Crippen molar-refractivity contribution < 1.29 is 4.74 Å². The van der Waals surface area contributed by atoms with Gasteiger partial charge in [0.05, 0.1) is 12.5 Å². The van der Waals surface area contributed by atoms with Crippen molar-refractivity contribution in [3.63, 3.8) is 0 Å². The second-order valence-electron chi connectivity index (χ2n) is 4.54. The Morgan fingerprint density at radius 1 is 1.16 bits per heavy atom. The van der Waals surface area contributed by atoms with Gasteiger partial charge in [-0.2, -0.15) is 0 Å².